The Morgan fingerprint density at radius 3 is 2.52 bits per heavy atom. The molecule has 1 aromatic carbocycles. The molecule has 0 unspecified atom stereocenters. The number of anilines is 3. The molecule has 1 fully saturated rings. The summed E-state index contributed by atoms with van der Waals surface area (Å²) in [5.41, 5.74) is 0.777. The summed E-state index contributed by atoms with van der Waals surface area (Å²) in [6.45, 7) is 2.03. The van der Waals surface area contributed by atoms with Gasteiger partial charge in [-0.15, -0.1) is 0 Å². The van der Waals surface area contributed by atoms with Crippen molar-refractivity contribution in [2.24, 2.45) is 0 Å². The van der Waals surface area contributed by atoms with E-state index in [2.05, 4.69) is 20.6 Å². The highest BCUT2D eigenvalue weighted by Gasteiger charge is 2.26. The first kappa shape index (κ1) is 18.6. The van der Waals surface area contributed by atoms with Crippen molar-refractivity contribution >= 4 is 29.0 Å². The molecule has 142 valence electrons. The fourth-order valence-corrected chi connectivity index (χ4v) is 3.05. The number of carbonyl (C=O) groups is 1. The van der Waals surface area contributed by atoms with E-state index in [4.69, 9.17) is 4.74 Å². The maximum Gasteiger partial charge on any atom is 0.353 e. The molecular formula is C18H21N5O4. The monoisotopic (exact) mass is 371 g/mol. The number of nitrogens with zero attached hydrogens (tertiary/aromatic N) is 3. The van der Waals surface area contributed by atoms with Gasteiger partial charge in [-0.3, -0.25) is 10.1 Å². The van der Waals surface area contributed by atoms with Crippen LogP contribution in [0, 0.1) is 10.1 Å². The van der Waals surface area contributed by atoms with Crippen LogP contribution in [0.3, 0.4) is 0 Å². The zero-order chi connectivity index (χ0) is 19.2. The molecular weight excluding hydrogens is 350 g/mol. The molecule has 1 heterocycles. The minimum atomic E-state index is -0.493. The second kappa shape index (κ2) is 8.43. The molecule has 0 aliphatic heterocycles. The maximum absolute atomic E-state index is 11.7. The molecule has 0 bridgehead atoms. The lowest BCUT2D eigenvalue weighted by Gasteiger charge is -2.14. The quantitative estimate of drug-likeness (QED) is 0.430. The Hall–Kier alpha value is -3.23. The van der Waals surface area contributed by atoms with Crippen molar-refractivity contribution in [2.75, 3.05) is 17.2 Å². The van der Waals surface area contributed by atoms with E-state index < -0.39 is 10.9 Å². The van der Waals surface area contributed by atoms with E-state index in [1.54, 1.807) is 31.2 Å². The van der Waals surface area contributed by atoms with Gasteiger partial charge in [0.15, 0.2) is 0 Å². The fourth-order valence-electron chi connectivity index (χ4n) is 3.05. The molecule has 9 nitrogen and oxygen atoms in total. The SMILES string of the molecule is CCOC(=O)c1ccc(Nc2ncnc(NC3CCCC3)c2[N+](=O)[O-])cc1. The summed E-state index contributed by atoms with van der Waals surface area (Å²) in [6, 6.07) is 6.65. The van der Waals surface area contributed by atoms with Crippen molar-refractivity contribution in [3.05, 3.63) is 46.3 Å². The van der Waals surface area contributed by atoms with Gasteiger partial charge in [0, 0.05) is 11.7 Å². The van der Waals surface area contributed by atoms with Gasteiger partial charge in [-0.1, -0.05) is 12.8 Å². The van der Waals surface area contributed by atoms with Gasteiger partial charge in [-0.25, -0.2) is 14.8 Å². The van der Waals surface area contributed by atoms with Crippen LogP contribution in [0.2, 0.25) is 0 Å². The maximum atomic E-state index is 11.7. The number of nitrogens with one attached hydrogen (secondary N) is 2. The van der Waals surface area contributed by atoms with Crippen molar-refractivity contribution in [3.8, 4) is 0 Å². The Labute approximate surface area is 156 Å². The predicted octanol–water partition coefficient (Wildman–Crippen LogP) is 3.66. The van der Waals surface area contributed by atoms with Crippen molar-refractivity contribution in [1.82, 2.24) is 9.97 Å². The first-order valence-electron chi connectivity index (χ1n) is 8.88. The van der Waals surface area contributed by atoms with Gasteiger partial charge in [0.25, 0.3) is 0 Å². The van der Waals surface area contributed by atoms with E-state index in [0.29, 0.717) is 17.9 Å². The van der Waals surface area contributed by atoms with E-state index in [1.165, 1.54) is 6.33 Å². The lowest BCUT2D eigenvalue weighted by atomic mass is 10.2. The standard InChI is InChI=1S/C18H21N5O4/c1-2-27-18(24)12-7-9-14(10-8-12)22-17-15(23(25)26)16(19-11-20-17)21-13-5-3-4-6-13/h7-11,13H,2-6H2,1H3,(H2,19,20,21,22). The fraction of sp³-hybridized carbons (Fsp3) is 0.389. The Morgan fingerprint density at radius 1 is 1.22 bits per heavy atom. The number of carbonyl (C=O) groups excluding carboxylic acids is 1. The Balaban J connectivity index is 1.81. The van der Waals surface area contributed by atoms with E-state index in [0.717, 1.165) is 25.7 Å². The summed E-state index contributed by atoms with van der Waals surface area (Å²) < 4.78 is 4.94. The summed E-state index contributed by atoms with van der Waals surface area (Å²) in [5.74, 6) is -0.105. The molecule has 0 saturated heterocycles. The van der Waals surface area contributed by atoms with Gasteiger partial charge in [-0.2, -0.15) is 0 Å². The van der Waals surface area contributed by atoms with Gasteiger partial charge >= 0.3 is 11.7 Å². The minimum absolute atomic E-state index is 0.0966. The smallest absolute Gasteiger partial charge is 0.353 e. The van der Waals surface area contributed by atoms with Crippen molar-refractivity contribution < 1.29 is 14.5 Å². The van der Waals surface area contributed by atoms with Crippen LogP contribution in [0.1, 0.15) is 43.0 Å². The number of esters is 1. The topological polar surface area (TPSA) is 119 Å². The van der Waals surface area contributed by atoms with E-state index >= 15 is 0 Å². The second-order valence-electron chi connectivity index (χ2n) is 6.23. The van der Waals surface area contributed by atoms with Crippen molar-refractivity contribution in [3.63, 3.8) is 0 Å². The number of hydrogen-bond acceptors (Lipinski definition) is 8. The molecule has 0 spiro atoms. The number of rotatable bonds is 7. The first-order chi connectivity index (χ1) is 13.1. The molecule has 2 N–H and O–H groups in total. The summed E-state index contributed by atoms with van der Waals surface area (Å²) >= 11 is 0. The largest absolute Gasteiger partial charge is 0.462 e. The Kier molecular flexibility index (Phi) is 5.80. The summed E-state index contributed by atoms with van der Waals surface area (Å²) in [5, 5.41) is 17.7. The zero-order valence-electron chi connectivity index (χ0n) is 15.0. The minimum Gasteiger partial charge on any atom is -0.462 e. The third-order valence-corrected chi connectivity index (χ3v) is 4.36. The predicted molar refractivity (Wildman–Crippen MR) is 100 cm³/mol. The zero-order valence-corrected chi connectivity index (χ0v) is 15.0. The highest BCUT2D eigenvalue weighted by Crippen LogP contribution is 2.33. The molecule has 3 rings (SSSR count). The molecule has 0 radical (unpaired) electrons. The summed E-state index contributed by atoms with van der Waals surface area (Å²) in [4.78, 5) is 30.9. The molecule has 9 heteroatoms. The summed E-state index contributed by atoms with van der Waals surface area (Å²) in [7, 11) is 0. The lowest BCUT2D eigenvalue weighted by molar-refractivity contribution is -0.383. The van der Waals surface area contributed by atoms with E-state index in [9.17, 15) is 14.9 Å². The number of nitro groups is 1. The average molecular weight is 371 g/mol. The first-order valence-corrected chi connectivity index (χ1v) is 8.88. The van der Waals surface area contributed by atoms with Crippen LogP contribution in [0.15, 0.2) is 30.6 Å². The molecule has 27 heavy (non-hydrogen) atoms. The highest BCUT2D eigenvalue weighted by molar-refractivity contribution is 5.90. The van der Waals surface area contributed by atoms with Crippen LogP contribution in [0.4, 0.5) is 23.0 Å². The molecule has 1 aliphatic carbocycles. The molecule has 0 amide bonds. The van der Waals surface area contributed by atoms with Gasteiger partial charge in [0.05, 0.1) is 17.1 Å². The highest BCUT2D eigenvalue weighted by atomic mass is 16.6. The van der Waals surface area contributed by atoms with Crippen LogP contribution in [-0.2, 0) is 4.74 Å². The van der Waals surface area contributed by atoms with Crippen LogP contribution in [0.25, 0.3) is 0 Å². The molecule has 2 aromatic rings. The van der Waals surface area contributed by atoms with Gasteiger partial charge in [-0.05, 0) is 44.0 Å². The lowest BCUT2D eigenvalue weighted by Crippen LogP contribution is -2.17. The Morgan fingerprint density at radius 2 is 1.89 bits per heavy atom. The number of ether oxygens (including phenoxy) is 1. The normalized spacial score (nSPS) is 14.0. The molecule has 1 aliphatic rings. The van der Waals surface area contributed by atoms with Gasteiger partial charge in [0.1, 0.15) is 6.33 Å². The van der Waals surface area contributed by atoms with E-state index in [1.807, 2.05) is 0 Å². The van der Waals surface area contributed by atoms with Gasteiger partial charge < -0.3 is 15.4 Å². The third kappa shape index (κ3) is 4.49. The van der Waals surface area contributed by atoms with Crippen molar-refractivity contribution in [2.45, 2.75) is 38.6 Å². The summed E-state index contributed by atoms with van der Waals surface area (Å²) in [6.07, 6.45) is 5.45. The number of benzene rings is 1. The Bertz CT molecular complexity index is 819. The van der Waals surface area contributed by atoms with Crippen LogP contribution in [-0.4, -0.2) is 33.5 Å². The molecule has 1 saturated carbocycles. The van der Waals surface area contributed by atoms with Crippen LogP contribution >= 0.6 is 0 Å². The third-order valence-electron chi connectivity index (χ3n) is 4.36. The van der Waals surface area contributed by atoms with Crippen LogP contribution in [0.5, 0.6) is 0 Å². The number of hydrogen-bond donors (Lipinski definition) is 2. The van der Waals surface area contributed by atoms with Crippen molar-refractivity contribution in [1.29, 1.82) is 0 Å². The van der Waals surface area contributed by atoms with E-state index in [-0.39, 0.29) is 23.4 Å². The number of aromatic nitrogens is 2. The molecule has 0 atom stereocenters. The second-order valence-corrected chi connectivity index (χ2v) is 6.23. The van der Waals surface area contributed by atoms with Crippen LogP contribution < -0.4 is 10.6 Å². The average Bonchev–Trinajstić information content (AvgIpc) is 3.15. The molecule has 1 aromatic heterocycles. The van der Waals surface area contributed by atoms with Gasteiger partial charge in [0.2, 0.25) is 11.6 Å².